The van der Waals surface area contributed by atoms with Gasteiger partial charge in [0.15, 0.2) is 0 Å². The van der Waals surface area contributed by atoms with Crippen LogP contribution in [0.25, 0.3) is 0 Å². The van der Waals surface area contributed by atoms with Crippen LogP contribution in [0.5, 0.6) is 0 Å². The van der Waals surface area contributed by atoms with Crippen LogP contribution < -0.4 is 0 Å². The molecule has 0 aliphatic rings. The van der Waals surface area contributed by atoms with Gasteiger partial charge in [-0.25, -0.2) is 0 Å². The Morgan fingerprint density at radius 2 is 2.29 bits per heavy atom. The zero-order valence-corrected chi connectivity index (χ0v) is 11.3. The molecule has 0 aromatic carbocycles. The van der Waals surface area contributed by atoms with E-state index in [-0.39, 0.29) is 5.78 Å². The van der Waals surface area contributed by atoms with E-state index in [2.05, 4.69) is 5.10 Å². The van der Waals surface area contributed by atoms with Crippen LogP contribution in [0, 0.1) is 0 Å². The van der Waals surface area contributed by atoms with Gasteiger partial charge in [0.25, 0.3) is 0 Å². The van der Waals surface area contributed by atoms with E-state index in [9.17, 15) is 4.79 Å². The largest absolute Gasteiger partial charge is 0.286 e. The van der Waals surface area contributed by atoms with Gasteiger partial charge in [-0.1, -0.05) is 18.5 Å². The summed E-state index contributed by atoms with van der Waals surface area (Å²) >= 11 is 7.49. The fraction of sp³-hybridized carbons (Fsp3) is 0.333. The lowest BCUT2D eigenvalue weighted by molar-refractivity contribution is 0.103. The van der Waals surface area contributed by atoms with Crippen molar-refractivity contribution in [1.82, 2.24) is 9.78 Å². The van der Waals surface area contributed by atoms with Gasteiger partial charge in [0.05, 0.1) is 16.1 Å². The average molecular weight is 269 g/mol. The molecule has 0 amide bonds. The first-order valence-corrected chi connectivity index (χ1v) is 6.77. The molecule has 5 heteroatoms. The second-order valence-corrected chi connectivity index (χ2v) is 4.94. The molecule has 0 atom stereocenters. The van der Waals surface area contributed by atoms with Crippen molar-refractivity contribution in [3.63, 3.8) is 0 Å². The standard InChI is InChI=1S/C12H13ClN2OS/c1-3-8-5-6-17-12(8)11(16)10-9(13)7-14-15(10)4-2/h5-7H,3-4H2,1-2H3. The second-order valence-electron chi connectivity index (χ2n) is 3.61. The Kier molecular flexibility index (Phi) is 3.64. The Hall–Kier alpha value is -1.13. The number of hydrogen-bond acceptors (Lipinski definition) is 3. The van der Waals surface area contributed by atoms with Crippen LogP contribution in [0.1, 0.15) is 34.8 Å². The van der Waals surface area contributed by atoms with Crippen LogP contribution in [-0.4, -0.2) is 15.6 Å². The molecule has 0 radical (unpaired) electrons. The number of aryl methyl sites for hydroxylation is 2. The van der Waals surface area contributed by atoms with Crippen LogP contribution in [0.3, 0.4) is 0 Å². The van der Waals surface area contributed by atoms with E-state index in [0.717, 1.165) is 16.9 Å². The Labute approximate surface area is 109 Å². The lowest BCUT2D eigenvalue weighted by Gasteiger charge is -2.04. The molecule has 0 aliphatic heterocycles. The first-order valence-electron chi connectivity index (χ1n) is 5.51. The molecule has 0 bridgehead atoms. The molecule has 0 N–H and O–H groups in total. The molecule has 2 rings (SSSR count). The van der Waals surface area contributed by atoms with Gasteiger partial charge in [0.2, 0.25) is 5.78 Å². The van der Waals surface area contributed by atoms with Crippen molar-refractivity contribution < 1.29 is 4.79 Å². The number of ketones is 1. The zero-order valence-electron chi connectivity index (χ0n) is 9.74. The smallest absolute Gasteiger partial charge is 0.222 e. The molecule has 0 fully saturated rings. The molecule has 0 saturated heterocycles. The normalized spacial score (nSPS) is 10.8. The predicted molar refractivity (Wildman–Crippen MR) is 70.0 cm³/mol. The monoisotopic (exact) mass is 268 g/mol. The van der Waals surface area contributed by atoms with Crippen molar-refractivity contribution in [1.29, 1.82) is 0 Å². The predicted octanol–water partition coefficient (Wildman–Crippen LogP) is 3.41. The molecule has 0 saturated carbocycles. The zero-order chi connectivity index (χ0) is 12.4. The van der Waals surface area contributed by atoms with Crippen molar-refractivity contribution in [3.05, 3.63) is 38.8 Å². The lowest BCUT2D eigenvalue weighted by atomic mass is 10.1. The fourth-order valence-electron chi connectivity index (χ4n) is 1.75. The summed E-state index contributed by atoms with van der Waals surface area (Å²) in [6, 6.07) is 1.98. The minimum Gasteiger partial charge on any atom is -0.286 e. The fourth-order valence-corrected chi connectivity index (χ4v) is 2.91. The molecule has 2 aromatic heterocycles. The van der Waals surface area contributed by atoms with Crippen molar-refractivity contribution in [3.8, 4) is 0 Å². The van der Waals surface area contributed by atoms with Crippen LogP contribution in [-0.2, 0) is 13.0 Å². The Bertz CT molecular complexity index is 544. The molecule has 0 aliphatic carbocycles. The number of thiophene rings is 1. The minimum atomic E-state index is -0.0267. The number of carbonyl (C=O) groups excluding carboxylic acids is 1. The highest BCUT2D eigenvalue weighted by Gasteiger charge is 2.21. The van der Waals surface area contributed by atoms with E-state index in [1.165, 1.54) is 17.5 Å². The molecule has 0 spiro atoms. The van der Waals surface area contributed by atoms with Gasteiger partial charge in [0.1, 0.15) is 5.69 Å². The number of rotatable bonds is 4. The molecular weight excluding hydrogens is 256 g/mol. The Morgan fingerprint density at radius 3 is 2.94 bits per heavy atom. The van der Waals surface area contributed by atoms with Crippen LogP contribution in [0.2, 0.25) is 5.02 Å². The molecule has 17 heavy (non-hydrogen) atoms. The number of halogens is 1. The third kappa shape index (κ3) is 2.15. The van der Waals surface area contributed by atoms with Crippen LogP contribution in [0.15, 0.2) is 17.6 Å². The Morgan fingerprint density at radius 1 is 1.53 bits per heavy atom. The highest BCUT2D eigenvalue weighted by Crippen LogP contribution is 2.25. The van der Waals surface area contributed by atoms with Gasteiger partial charge in [0, 0.05) is 6.54 Å². The van der Waals surface area contributed by atoms with E-state index >= 15 is 0 Å². The van der Waals surface area contributed by atoms with Crippen molar-refractivity contribution in [2.45, 2.75) is 26.8 Å². The van der Waals surface area contributed by atoms with Gasteiger partial charge < -0.3 is 0 Å². The van der Waals surface area contributed by atoms with Crippen molar-refractivity contribution >= 4 is 28.7 Å². The van der Waals surface area contributed by atoms with Gasteiger partial charge in [-0.15, -0.1) is 11.3 Å². The third-order valence-electron chi connectivity index (χ3n) is 2.64. The maximum atomic E-state index is 12.4. The van der Waals surface area contributed by atoms with Gasteiger partial charge in [-0.2, -0.15) is 5.10 Å². The summed E-state index contributed by atoms with van der Waals surface area (Å²) < 4.78 is 1.64. The summed E-state index contributed by atoms with van der Waals surface area (Å²) in [5.74, 6) is -0.0267. The molecule has 2 aromatic rings. The first kappa shape index (κ1) is 12.3. The Balaban J connectivity index is 2.47. The summed E-state index contributed by atoms with van der Waals surface area (Å²) in [4.78, 5) is 13.2. The first-order chi connectivity index (χ1) is 8.19. The van der Waals surface area contributed by atoms with Crippen molar-refractivity contribution in [2.75, 3.05) is 0 Å². The third-order valence-corrected chi connectivity index (χ3v) is 3.88. The molecule has 2 heterocycles. The SMILES string of the molecule is CCc1ccsc1C(=O)c1c(Cl)cnn1CC. The lowest BCUT2D eigenvalue weighted by Crippen LogP contribution is -2.11. The van der Waals surface area contributed by atoms with Crippen LogP contribution in [0.4, 0.5) is 0 Å². The average Bonchev–Trinajstić information content (AvgIpc) is 2.93. The maximum absolute atomic E-state index is 12.4. The van der Waals surface area contributed by atoms with E-state index in [1.54, 1.807) is 4.68 Å². The molecule has 3 nitrogen and oxygen atoms in total. The van der Waals surface area contributed by atoms with E-state index in [4.69, 9.17) is 11.6 Å². The summed E-state index contributed by atoms with van der Waals surface area (Å²) in [5.41, 5.74) is 1.56. The highest BCUT2D eigenvalue weighted by atomic mass is 35.5. The van der Waals surface area contributed by atoms with Crippen LogP contribution >= 0.6 is 22.9 Å². The highest BCUT2D eigenvalue weighted by molar-refractivity contribution is 7.12. The molecular formula is C12H13ClN2OS. The van der Waals surface area contributed by atoms with Crippen molar-refractivity contribution in [2.24, 2.45) is 0 Å². The summed E-state index contributed by atoms with van der Waals surface area (Å²) in [6.07, 6.45) is 2.37. The van der Waals surface area contributed by atoms with Gasteiger partial charge >= 0.3 is 0 Å². The van der Waals surface area contributed by atoms with E-state index < -0.39 is 0 Å². The van der Waals surface area contributed by atoms with Gasteiger partial charge in [-0.3, -0.25) is 9.48 Å². The minimum absolute atomic E-state index is 0.0267. The van der Waals surface area contributed by atoms with Gasteiger partial charge in [-0.05, 0) is 30.4 Å². The van der Waals surface area contributed by atoms with E-state index in [0.29, 0.717) is 17.3 Å². The molecule has 0 unspecified atom stereocenters. The number of hydrogen-bond donors (Lipinski definition) is 0. The summed E-state index contributed by atoms with van der Waals surface area (Å²) in [7, 11) is 0. The second kappa shape index (κ2) is 5.02. The number of carbonyl (C=O) groups is 1. The summed E-state index contributed by atoms with van der Waals surface area (Å²) in [6.45, 7) is 4.62. The number of nitrogens with zero attached hydrogens (tertiary/aromatic N) is 2. The maximum Gasteiger partial charge on any atom is 0.222 e. The number of aromatic nitrogens is 2. The quantitative estimate of drug-likeness (QED) is 0.797. The summed E-state index contributed by atoms with van der Waals surface area (Å²) in [5, 5.41) is 6.45. The topological polar surface area (TPSA) is 34.9 Å². The molecule has 90 valence electrons. The van der Waals surface area contributed by atoms with E-state index in [1.807, 2.05) is 25.3 Å².